The van der Waals surface area contributed by atoms with Crippen LogP contribution in [0.1, 0.15) is 20.8 Å². The second-order valence-corrected chi connectivity index (χ2v) is 6.93. The first-order valence-electron chi connectivity index (χ1n) is 7.86. The summed E-state index contributed by atoms with van der Waals surface area (Å²) in [7, 11) is 0. The van der Waals surface area contributed by atoms with Crippen molar-refractivity contribution in [2.75, 3.05) is 5.32 Å². The molecule has 1 N–H and O–H groups in total. The van der Waals surface area contributed by atoms with E-state index in [2.05, 4.69) is 10.3 Å². The highest BCUT2D eigenvalue weighted by Gasteiger charge is 2.34. The van der Waals surface area contributed by atoms with Gasteiger partial charge in [0.1, 0.15) is 11.6 Å². The van der Waals surface area contributed by atoms with Crippen LogP contribution < -0.4 is 10.1 Å². The number of hydrogen-bond donors (Lipinski definition) is 1. The molecular weight excluding hydrogens is 398 g/mol. The molecule has 0 bridgehead atoms. The highest BCUT2D eigenvalue weighted by atomic mass is 35.5. The van der Waals surface area contributed by atoms with Crippen LogP contribution in [0.2, 0.25) is 10.0 Å². The molecular formula is C18H17Cl2FN2O4. The molecule has 0 aliphatic carbocycles. The fourth-order valence-electron chi connectivity index (χ4n) is 1.92. The fourth-order valence-corrected chi connectivity index (χ4v) is 2.35. The van der Waals surface area contributed by atoms with Crippen LogP contribution in [0.15, 0.2) is 36.5 Å². The lowest BCUT2D eigenvalue weighted by molar-refractivity contribution is -0.166. The summed E-state index contributed by atoms with van der Waals surface area (Å²) in [6.45, 7) is 4.34. The Morgan fingerprint density at radius 2 is 1.85 bits per heavy atom. The summed E-state index contributed by atoms with van der Waals surface area (Å²) in [6, 6.07) is 6.59. The van der Waals surface area contributed by atoms with Gasteiger partial charge in [0, 0.05) is 6.20 Å². The van der Waals surface area contributed by atoms with E-state index in [0.717, 1.165) is 0 Å². The van der Waals surface area contributed by atoms with Gasteiger partial charge in [-0.05, 0) is 51.1 Å². The molecule has 144 valence electrons. The number of benzene rings is 1. The third kappa shape index (κ3) is 5.80. The van der Waals surface area contributed by atoms with Crippen molar-refractivity contribution in [1.82, 2.24) is 4.98 Å². The fraction of sp³-hybridized carbons (Fsp3) is 0.278. The van der Waals surface area contributed by atoms with Gasteiger partial charge in [-0.25, -0.2) is 14.2 Å². The molecule has 9 heteroatoms. The van der Waals surface area contributed by atoms with Gasteiger partial charge in [0.2, 0.25) is 0 Å². The SMILES string of the molecule is C[C@@H](OC(=O)C(C)(C)Oc1ccc(F)cc1)C(=O)Nc1ncc(Cl)cc1Cl. The standard InChI is InChI=1S/C18H17Cl2FN2O4/c1-10(16(24)23-15-14(20)8-11(19)9-22-15)26-17(25)18(2,3)27-13-6-4-12(21)5-7-13/h4-10H,1-3H3,(H,22,23,24)/t10-/m1/s1. The number of nitrogens with zero attached hydrogens (tertiary/aromatic N) is 1. The van der Waals surface area contributed by atoms with E-state index in [1.54, 1.807) is 0 Å². The smallest absolute Gasteiger partial charge is 0.350 e. The van der Waals surface area contributed by atoms with Gasteiger partial charge in [-0.2, -0.15) is 0 Å². The van der Waals surface area contributed by atoms with Crippen molar-refractivity contribution in [3.63, 3.8) is 0 Å². The molecule has 2 rings (SSSR count). The Kier molecular flexibility index (Phi) is 6.62. The number of carbonyl (C=O) groups excluding carboxylic acids is 2. The molecule has 0 aliphatic rings. The molecule has 0 saturated heterocycles. The van der Waals surface area contributed by atoms with E-state index in [1.807, 2.05) is 0 Å². The zero-order valence-electron chi connectivity index (χ0n) is 14.8. The average molecular weight is 415 g/mol. The van der Waals surface area contributed by atoms with Crippen molar-refractivity contribution in [2.45, 2.75) is 32.5 Å². The largest absolute Gasteiger partial charge is 0.476 e. The number of amides is 1. The Balaban J connectivity index is 1.98. The molecule has 1 amide bonds. The van der Waals surface area contributed by atoms with Crippen LogP contribution in [0.3, 0.4) is 0 Å². The Morgan fingerprint density at radius 3 is 2.44 bits per heavy atom. The van der Waals surface area contributed by atoms with Gasteiger partial charge in [0.05, 0.1) is 10.0 Å². The zero-order chi connectivity index (χ0) is 20.2. The summed E-state index contributed by atoms with van der Waals surface area (Å²) in [5.41, 5.74) is -1.40. The van der Waals surface area contributed by atoms with Crippen molar-refractivity contribution in [3.05, 3.63) is 52.4 Å². The minimum atomic E-state index is -1.40. The van der Waals surface area contributed by atoms with Crippen molar-refractivity contribution in [3.8, 4) is 5.75 Å². The molecule has 27 heavy (non-hydrogen) atoms. The summed E-state index contributed by atoms with van der Waals surface area (Å²) in [5, 5.41) is 2.91. The van der Waals surface area contributed by atoms with Crippen LogP contribution >= 0.6 is 23.2 Å². The van der Waals surface area contributed by atoms with E-state index in [4.69, 9.17) is 32.7 Å². The molecule has 2 aromatic rings. The molecule has 0 radical (unpaired) electrons. The van der Waals surface area contributed by atoms with Crippen molar-refractivity contribution >= 4 is 40.9 Å². The first-order valence-corrected chi connectivity index (χ1v) is 8.61. The summed E-state index contributed by atoms with van der Waals surface area (Å²) in [4.78, 5) is 28.5. The molecule has 0 spiro atoms. The number of halogens is 3. The number of esters is 1. The zero-order valence-corrected chi connectivity index (χ0v) is 16.3. The topological polar surface area (TPSA) is 77.5 Å². The minimum absolute atomic E-state index is 0.0933. The van der Waals surface area contributed by atoms with Crippen molar-refractivity contribution in [2.24, 2.45) is 0 Å². The molecule has 6 nitrogen and oxygen atoms in total. The average Bonchev–Trinajstić information content (AvgIpc) is 2.59. The number of ether oxygens (including phenoxy) is 2. The second-order valence-electron chi connectivity index (χ2n) is 6.09. The summed E-state index contributed by atoms with van der Waals surface area (Å²) in [6.07, 6.45) is 0.182. The molecule has 1 heterocycles. The van der Waals surface area contributed by atoms with Crippen LogP contribution in [0.4, 0.5) is 10.2 Å². The predicted octanol–water partition coefficient (Wildman–Crippen LogP) is 4.26. The maximum Gasteiger partial charge on any atom is 0.350 e. The van der Waals surface area contributed by atoms with Gasteiger partial charge in [0.15, 0.2) is 17.5 Å². The highest BCUT2D eigenvalue weighted by Crippen LogP contribution is 2.23. The van der Waals surface area contributed by atoms with E-state index in [-0.39, 0.29) is 16.6 Å². The summed E-state index contributed by atoms with van der Waals surface area (Å²) >= 11 is 11.7. The molecule has 0 saturated carbocycles. The molecule has 0 aliphatic heterocycles. The van der Waals surface area contributed by atoms with E-state index < -0.39 is 29.4 Å². The Labute approximate surface area is 165 Å². The number of aromatic nitrogens is 1. The monoisotopic (exact) mass is 414 g/mol. The quantitative estimate of drug-likeness (QED) is 0.714. The van der Waals surface area contributed by atoms with E-state index >= 15 is 0 Å². The third-order valence-corrected chi connectivity index (χ3v) is 3.88. The minimum Gasteiger partial charge on any atom is -0.476 e. The third-order valence-electron chi connectivity index (χ3n) is 3.38. The molecule has 1 aromatic heterocycles. The number of rotatable bonds is 6. The highest BCUT2D eigenvalue weighted by molar-refractivity contribution is 6.36. The molecule has 0 unspecified atom stereocenters. The maximum absolute atomic E-state index is 13.0. The predicted molar refractivity (Wildman–Crippen MR) is 99.5 cm³/mol. The molecule has 1 atom stereocenters. The van der Waals surface area contributed by atoms with E-state index in [0.29, 0.717) is 5.02 Å². The maximum atomic E-state index is 13.0. The van der Waals surface area contributed by atoms with E-state index in [9.17, 15) is 14.0 Å². The van der Waals surface area contributed by atoms with Gasteiger partial charge in [-0.15, -0.1) is 0 Å². The normalized spacial score (nSPS) is 12.2. The second kappa shape index (κ2) is 8.54. The van der Waals surface area contributed by atoms with Crippen LogP contribution in [-0.2, 0) is 14.3 Å². The van der Waals surface area contributed by atoms with Crippen molar-refractivity contribution < 1.29 is 23.5 Å². The van der Waals surface area contributed by atoms with Gasteiger partial charge in [-0.1, -0.05) is 23.2 Å². The lowest BCUT2D eigenvalue weighted by Gasteiger charge is -2.26. The number of pyridine rings is 1. The Morgan fingerprint density at radius 1 is 1.22 bits per heavy atom. The number of carbonyl (C=O) groups is 2. The lowest BCUT2D eigenvalue weighted by atomic mass is 10.1. The van der Waals surface area contributed by atoms with Crippen LogP contribution in [-0.4, -0.2) is 28.6 Å². The summed E-state index contributed by atoms with van der Waals surface area (Å²) in [5.74, 6) is -1.45. The lowest BCUT2D eigenvalue weighted by Crippen LogP contribution is -2.43. The number of hydrogen-bond acceptors (Lipinski definition) is 5. The summed E-state index contributed by atoms with van der Waals surface area (Å²) < 4.78 is 23.6. The van der Waals surface area contributed by atoms with E-state index in [1.165, 1.54) is 57.3 Å². The first-order chi connectivity index (χ1) is 12.6. The van der Waals surface area contributed by atoms with Gasteiger partial charge < -0.3 is 14.8 Å². The number of nitrogens with one attached hydrogen (secondary N) is 1. The Hall–Kier alpha value is -2.38. The number of anilines is 1. The van der Waals surface area contributed by atoms with Crippen LogP contribution in [0, 0.1) is 5.82 Å². The Bertz CT molecular complexity index is 844. The van der Waals surface area contributed by atoms with Crippen LogP contribution in [0.5, 0.6) is 5.75 Å². The van der Waals surface area contributed by atoms with Crippen molar-refractivity contribution in [1.29, 1.82) is 0 Å². The molecule has 1 aromatic carbocycles. The van der Waals surface area contributed by atoms with Gasteiger partial charge in [-0.3, -0.25) is 4.79 Å². The first kappa shape index (κ1) is 20.9. The van der Waals surface area contributed by atoms with Crippen LogP contribution in [0.25, 0.3) is 0 Å². The molecule has 0 fully saturated rings. The van der Waals surface area contributed by atoms with Gasteiger partial charge >= 0.3 is 5.97 Å². The van der Waals surface area contributed by atoms with Gasteiger partial charge in [0.25, 0.3) is 5.91 Å².